The number of piperidine rings is 1. The fourth-order valence-electron chi connectivity index (χ4n) is 2.69. The van der Waals surface area contributed by atoms with Crippen LogP contribution in [0.5, 0.6) is 0 Å². The first-order valence-electron chi connectivity index (χ1n) is 6.94. The maximum atomic E-state index is 12.7. The molecule has 1 aromatic heterocycles. The lowest BCUT2D eigenvalue weighted by atomic mass is 10.1. The Kier molecular flexibility index (Phi) is 4.41. The Hall–Kier alpha value is -0.810. The number of hydrogen-bond donors (Lipinski definition) is 1. The van der Waals surface area contributed by atoms with E-state index in [9.17, 15) is 4.79 Å². The summed E-state index contributed by atoms with van der Waals surface area (Å²) in [5.41, 5.74) is 0. The molecular weight excluding hydrogens is 327 g/mol. The predicted molar refractivity (Wildman–Crippen MR) is 89.8 cm³/mol. The largest absolute Gasteiger partial charge is 0.338 e. The molecule has 2 heterocycles. The van der Waals surface area contributed by atoms with Crippen molar-refractivity contribution in [2.45, 2.75) is 18.9 Å². The number of rotatable bonds is 2. The third-order valence-electron chi connectivity index (χ3n) is 3.98. The van der Waals surface area contributed by atoms with E-state index in [0.717, 1.165) is 36.0 Å². The van der Waals surface area contributed by atoms with Gasteiger partial charge in [-0.05, 0) is 32.0 Å². The van der Waals surface area contributed by atoms with Crippen molar-refractivity contribution < 1.29 is 4.79 Å². The van der Waals surface area contributed by atoms with Gasteiger partial charge in [0, 0.05) is 34.2 Å². The summed E-state index contributed by atoms with van der Waals surface area (Å²) < 4.78 is 0.959. The molecule has 1 aromatic carbocycles. The van der Waals surface area contributed by atoms with Gasteiger partial charge in [0.15, 0.2) is 0 Å². The van der Waals surface area contributed by atoms with E-state index < -0.39 is 0 Å². The number of amides is 1. The molecule has 0 saturated carbocycles. The molecule has 1 N–H and O–H groups in total. The molecule has 0 atom stereocenters. The van der Waals surface area contributed by atoms with Gasteiger partial charge in [-0.15, -0.1) is 11.3 Å². The van der Waals surface area contributed by atoms with E-state index >= 15 is 0 Å². The summed E-state index contributed by atoms with van der Waals surface area (Å²) in [5.74, 6) is 0.0341. The van der Waals surface area contributed by atoms with Crippen molar-refractivity contribution in [1.29, 1.82) is 0 Å². The van der Waals surface area contributed by atoms with Gasteiger partial charge in [0.2, 0.25) is 0 Å². The van der Waals surface area contributed by atoms with Gasteiger partial charge in [0.1, 0.15) is 4.88 Å². The Bertz CT molecular complexity index is 678. The Morgan fingerprint density at radius 3 is 2.71 bits per heavy atom. The van der Waals surface area contributed by atoms with Crippen molar-refractivity contribution in [2.24, 2.45) is 0 Å². The van der Waals surface area contributed by atoms with E-state index in [2.05, 4.69) is 5.32 Å². The number of likely N-dealkylation sites (tertiary alicyclic amines) is 1. The first kappa shape index (κ1) is 15.1. The molecule has 0 spiro atoms. The Labute approximate surface area is 137 Å². The van der Waals surface area contributed by atoms with E-state index in [0.29, 0.717) is 21.0 Å². The summed E-state index contributed by atoms with van der Waals surface area (Å²) in [6, 6.07) is 6.04. The van der Waals surface area contributed by atoms with Crippen molar-refractivity contribution in [2.75, 3.05) is 20.1 Å². The van der Waals surface area contributed by atoms with Crippen LogP contribution in [0.2, 0.25) is 10.0 Å². The van der Waals surface area contributed by atoms with Gasteiger partial charge in [0.25, 0.3) is 5.91 Å². The summed E-state index contributed by atoms with van der Waals surface area (Å²) in [7, 11) is 1.97. The fourth-order valence-corrected chi connectivity index (χ4v) is 4.45. The number of thiophene rings is 1. The van der Waals surface area contributed by atoms with Gasteiger partial charge in [-0.1, -0.05) is 29.3 Å². The molecule has 3 rings (SSSR count). The molecule has 3 nitrogen and oxygen atoms in total. The predicted octanol–water partition coefficient (Wildman–Crippen LogP) is 4.03. The van der Waals surface area contributed by atoms with Crippen LogP contribution in [0, 0.1) is 0 Å². The molecular formula is C15H16Cl2N2OS. The van der Waals surface area contributed by atoms with Crippen molar-refractivity contribution in [3.63, 3.8) is 0 Å². The van der Waals surface area contributed by atoms with Crippen molar-refractivity contribution >= 4 is 50.5 Å². The third kappa shape index (κ3) is 2.90. The molecule has 0 radical (unpaired) electrons. The van der Waals surface area contributed by atoms with E-state index in [4.69, 9.17) is 23.2 Å². The normalized spacial score (nSPS) is 16.6. The minimum absolute atomic E-state index is 0.0341. The van der Waals surface area contributed by atoms with Crippen LogP contribution < -0.4 is 5.32 Å². The second kappa shape index (κ2) is 6.13. The Morgan fingerprint density at radius 2 is 2.05 bits per heavy atom. The quantitative estimate of drug-likeness (QED) is 0.893. The molecule has 1 amide bonds. The molecule has 1 saturated heterocycles. The lowest BCUT2D eigenvalue weighted by Crippen LogP contribution is -2.43. The monoisotopic (exact) mass is 342 g/mol. The summed E-state index contributed by atoms with van der Waals surface area (Å²) in [6.07, 6.45) is 1.97. The molecule has 1 fully saturated rings. The van der Waals surface area contributed by atoms with Crippen LogP contribution in [0.4, 0.5) is 0 Å². The summed E-state index contributed by atoms with van der Waals surface area (Å²) >= 11 is 13.8. The minimum atomic E-state index is 0.0341. The average Bonchev–Trinajstić information content (AvgIpc) is 2.83. The fraction of sp³-hybridized carbons (Fsp3) is 0.400. The summed E-state index contributed by atoms with van der Waals surface area (Å²) in [4.78, 5) is 15.2. The zero-order chi connectivity index (χ0) is 15.0. The van der Waals surface area contributed by atoms with Gasteiger partial charge in [-0.2, -0.15) is 0 Å². The van der Waals surface area contributed by atoms with Gasteiger partial charge in [0.05, 0.1) is 5.02 Å². The number of carbonyl (C=O) groups is 1. The van der Waals surface area contributed by atoms with Crippen LogP contribution in [0.1, 0.15) is 22.5 Å². The highest BCUT2D eigenvalue weighted by molar-refractivity contribution is 7.21. The molecule has 21 heavy (non-hydrogen) atoms. The number of fused-ring (bicyclic) bond motifs is 1. The lowest BCUT2D eigenvalue weighted by molar-refractivity contribution is 0.0712. The minimum Gasteiger partial charge on any atom is -0.338 e. The SMILES string of the molecule is CNC1CCN(C(=O)c2sc3cc(Cl)ccc3c2Cl)CC1. The van der Waals surface area contributed by atoms with Crippen LogP contribution in [0.15, 0.2) is 18.2 Å². The molecule has 0 aliphatic carbocycles. The van der Waals surface area contributed by atoms with E-state index in [1.54, 1.807) is 6.07 Å². The van der Waals surface area contributed by atoms with Gasteiger partial charge in [-0.25, -0.2) is 0 Å². The summed E-state index contributed by atoms with van der Waals surface area (Å²) in [6.45, 7) is 1.55. The maximum absolute atomic E-state index is 12.7. The maximum Gasteiger partial charge on any atom is 0.265 e. The first-order chi connectivity index (χ1) is 10.1. The van der Waals surface area contributed by atoms with Crippen LogP contribution in [0.25, 0.3) is 10.1 Å². The highest BCUT2D eigenvalue weighted by atomic mass is 35.5. The number of carbonyl (C=O) groups excluding carboxylic acids is 1. The number of nitrogens with zero attached hydrogens (tertiary/aromatic N) is 1. The highest BCUT2D eigenvalue weighted by Gasteiger charge is 2.26. The molecule has 2 aromatic rings. The van der Waals surface area contributed by atoms with Crippen molar-refractivity contribution in [3.05, 3.63) is 33.1 Å². The molecule has 1 aliphatic heterocycles. The van der Waals surface area contributed by atoms with Gasteiger partial charge in [-0.3, -0.25) is 4.79 Å². The molecule has 1 aliphatic rings. The van der Waals surface area contributed by atoms with E-state index in [1.807, 2.05) is 24.1 Å². The zero-order valence-corrected chi connectivity index (χ0v) is 14.0. The number of benzene rings is 1. The third-order valence-corrected chi connectivity index (χ3v) is 5.86. The lowest BCUT2D eigenvalue weighted by Gasteiger charge is -2.31. The van der Waals surface area contributed by atoms with Gasteiger partial charge >= 0.3 is 0 Å². The van der Waals surface area contributed by atoms with Crippen molar-refractivity contribution in [3.8, 4) is 0 Å². The smallest absolute Gasteiger partial charge is 0.265 e. The Balaban J connectivity index is 1.86. The molecule has 0 bridgehead atoms. The zero-order valence-electron chi connectivity index (χ0n) is 11.7. The first-order valence-corrected chi connectivity index (χ1v) is 8.51. The molecule has 112 valence electrons. The van der Waals surface area contributed by atoms with E-state index in [-0.39, 0.29) is 5.91 Å². The van der Waals surface area contributed by atoms with Crippen molar-refractivity contribution in [1.82, 2.24) is 10.2 Å². The molecule has 0 unspecified atom stereocenters. The number of nitrogens with one attached hydrogen (secondary N) is 1. The second-order valence-electron chi connectivity index (χ2n) is 5.24. The van der Waals surface area contributed by atoms with Crippen LogP contribution >= 0.6 is 34.5 Å². The summed E-state index contributed by atoms with van der Waals surface area (Å²) in [5, 5.41) is 5.38. The van der Waals surface area contributed by atoms with Gasteiger partial charge < -0.3 is 10.2 Å². The molecule has 6 heteroatoms. The van der Waals surface area contributed by atoms with E-state index in [1.165, 1.54) is 11.3 Å². The Morgan fingerprint density at radius 1 is 1.33 bits per heavy atom. The van der Waals surface area contributed by atoms with Crippen LogP contribution in [0.3, 0.4) is 0 Å². The second-order valence-corrected chi connectivity index (χ2v) is 7.11. The average molecular weight is 343 g/mol. The van der Waals surface area contributed by atoms with Crippen LogP contribution in [-0.4, -0.2) is 37.0 Å². The number of hydrogen-bond acceptors (Lipinski definition) is 3. The van der Waals surface area contributed by atoms with Crippen LogP contribution in [-0.2, 0) is 0 Å². The highest BCUT2D eigenvalue weighted by Crippen LogP contribution is 2.37. The topological polar surface area (TPSA) is 32.3 Å². The standard InChI is InChI=1S/C15H16Cl2N2OS/c1-18-10-4-6-19(7-5-10)15(20)14-13(17)11-3-2-9(16)8-12(11)21-14/h2-3,8,10,18H,4-7H2,1H3. The number of halogens is 2.